The SMILES string of the molecule is CC(=O)c1scc(C)c1Br. The molecule has 0 amide bonds. The van der Waals surface area contributed by atoms with Crippen molar-refractivity contribution in [2.45, 2.75) is 13.8 Å². The first-order chi connectivity index (χ1) is 4.63. The lowest BCUT2D eigenvalue weighted by atomic mass is 10.3. The quantitative estimate of drug-likeness (QED) is 0.663. The minimum atomic E-state index is 0.130. The van der Waals surface area contributed by atoms with E-state index >= 15 is 0 Å². The van der Waals surface area contributed by atoms with E-state index in [-0.39, 0.29) is 5.78 Å². The average molecular weight is 219 g/mol. The molecule has 0 fully saturated rings. The van der Waals surface area contributed by atoms with Crippen molar-refractivity contribution in [2.24, 2.45) is 0 Å². The van der Waals surface area contributed by atoms with Gasteiger partial charge in [0.1, 0.15) is 0 Å². The maximum absolute atomic E-state index is 10.9. The summed E-state index contributed by atoms with van der Waals surface area (Å²) < 4.78 is 0.949. The Bertz CT molecular complexity index is 265. The zero-order valence-electron chi connectivity index (χ0n) is 5.77. The number of rotatable bonds is 1. The molecule has 0 saturated carbocycles. The third-order valence-corrected chi connectivity index (χ3v) is 3.70. The molecule has 0 aromatic carbocycles. The van der Waals surface area contributed by atoms with Gasteiger partial charge in [-0.05, 0) is 40.7 Å². The van der Waals surface area contributed by atoms with Crippen LogP contribution in [0.15, 0.2) is 9.85 Å². The van der Waals surface area contributed by atoms with Crippen molar-refractivity contribution < 1.29 is 4.79 Å². The van der Waals surface area contributed by atoms with Crippen LogP contribution in [-0.4, -0.2) is 5.78 Å². The van der Waals surface area contributed by atoms with E-state index in [1.807, 2.05) is 12.3 Å². The summed E-state index contributed by atoms with van der Waals surface area (Å²) in [6.07, 6.45) is 0. The van der Waals surface area contributed by atoms with E-state index in [9.17, 15) is 4.79 Å². The Morgan fingerprint density at radius 1 is 1.70 bits per heavy atom. The van der Waals surface area contributed by atoms with Gasteiger partial charge in [-0.1, -0.05) is 0 Å². The average Bonchev–Trinajstić information content (AvgIpc) is 2.14. The van der Waals surface area contributed by atoms with Crippen molar-refractivity contribution in [1.29, 1.82) is 0 Å². The predicted octanol–water partition coefficient (Wildman–Crippen LogP) is 3.02. The van der Waals surface area contributed by atoms with Gasteiger partial charge >= 0.3 is 0 Å². The van der Waals surface area contributed by atoms with Gasteiger partial charge in [-0.15, -0.1) is 11.3 Å². The van der Waals surface area contributed by atoms with E-state index in [0.29, 0.717) is 0 Å². The molecule has 0 unspecified atom stereocenters. The number of hydrogen-bond acceptors (Lipinski definition) is 2. The molecule has 0 radical (unpaired) electrons. The highest BCUT2D eigenvalue weighted by atomic mass is 79.9. The minimum Gasteiger partial charge on any atom is -0.294 e. The molecular formula is C7H7BrOS. The number of Topliss-reactive ketones (excluding diaryl/α,β-unsaturated/α-hetero) is 1. The topological polar surface area (TPSA) is 17.1 Å². The Balaban J connectivity index is 3.17. The van der Waals surface area contributed by atoms with Crippen LogP contribution < -0.4 is 0 Å². The summed E-state index contributed by atoms with van der Waals surface area (Å²) >= 11 is 4.83. The summed E-state index contributed by atoms with van der Waals surface area (Å²) in [6.45, 7) is 3.56. The van der Waals surface area contributed by atoms with Crippen molar-refractivity contribution in [1.82, 2.24) is 0 Å². The molecular weight excluding hydrogens is 212 g/mol. The summed E-state index contributed by atoms with van der Waals surface area (Å²) in [5, 5.41) is 1.97. The van der Waals surface area contributed by atoms with Gasteiger partial charge in [-0.3, -0.25) is 4.79 Å². The highest BCUT2D eigenvalue weighted by Gasteiger charge is 2.08. The first kappa shape index (κ1) is 7.95. The predicted molar refractivity (Wildman–Crippen MR) is 46.8 cm³/mol. The third kappa shape index (κ3) is 1.30. The molecule has 10 heavy (non-hydrogen) atoms. The number of halogens is 1. The molecule has 54 valence electrons. The Kier molecular flexibility index (Phi) is 2.26. The molecule has 0 saturated heterocycles. The monoisotopic (exact) mass is 218 g/mol. The van der Waals surface area contributed by atoms with E-state index in [2.05, 4.69) is 15.9 Å². The Labute approximate surface area is 72.2 Å². The molecule has 1 rings (SSSR count). The minimum absolute atomic E-state index is 0.130. The van der Waals surface area contributed by atoms with E-state index in [1.165, 1.54) is 11.3 Å². The molecule has 0 spiro atoms. The maximum atomic E-state index is 10.9. The fourth-order valence-electron chi connectivity index (χ4n) is 0.667. The molecule has 0 bridgehead atoms. The maximum Gasteiger partial charge on any atom is 0.170 e. The second-order valence-electron chi connectivity index (χ2n) is 2.12. The van der Waals surface area contributed by atoms with Gasteiger partial charge in [0.25, 0.3) is 0 Å². The van der Waals surface area contributed by atoms with Crippen LogP contribution in [0.5, 0.6) is 0 Å². The van der Waals surface area contributed by atoms with Gasteiger partial charge in [0, 0.05) is 4.47 Å². The molecule has 0 aliphatic heterocycles. The van der Waals surface area contributed by atoms with E-state index in [4.69, 9.17) is 0 Å². The number of carbonyl (C=O) groups is 1. The van der Waals surface area contributed by atoms with Crippen LogP contribution in [-0.2, 0) is 0 Å². The van der Waals surface area contributed by atoms with Gasteiger partial charge in [0.2, 0.25) is 0 Å². The number of carbonyl (C=O) groups excluding carboxylic acids is 1. The van der Waals surface area contributed by atoms with Crippen molar-refractivity contribution >= 4 is 33.0 Å². The fraction of sp³-hybridized carbons (Fsp3) is 0.286. The van der Waals surface area contributed by atoms with Crippen LogP contribution in [0, 0.1) is 6.92 Å². The smallest absolute Gasteiger partial charge is 0.170 e. The largest absolute Gasteiger partial charge is 0.294 e. The highest BCUT2D eigenvalue weighted by molar-refractivity contribution is 9.10. The molecule has 1 heterocycles. The summed E-state index contributed by atoms with van der Waals surface area (Å²) in [5.41, 5.74) is 1.13. The lowest BCUT2D eigenvalue weighted by Gasteiger charge is -1.89. The molecule has 1 nitrogen and oxygen atoms in total. The van der Waals surface area contributed by atoms with E-state index in [1.54, 1.807) is 6.92 Å². The van der Waals surface area contributed by atoms with E-state index in [0.717, 1.165) is 14.9 Å². The lowest BCUT2D eigenvalue weighted by molar-refractivity contribution is 0.102. The summed E-state index contributed by atoms with van der Waals surface area (Å²) in [5.74, 6) is 0.130. The van der Waals surface area contributed by atoms with Crippen LogP contribution in [0.25, 0.3) is 0 Å². The molecule has 0 atom stereocenters. The first-order valence-corrected chi connectivity index (χ1v) is 4.54. The fourth-order valence-corrected chi connectivity index (χ4v) is 2.34. The van der Waals surface area contributed by atoms with Crippen molar-refractivity contribution in [3.05, 3.63) is 20.3 Å². The second-order valence-corrected chi connectivity index (χ2v) is 3.79. The third-order valence-electron chi connectivity index (χ3n) is 1.22. The Morgan fingerprint density at radius 3 is 2.50 bits per heavy atom. The molecule has 0 N–H and O–H groups in total. The molecule has 0 aliphatic carbocycles. The Hall–Kier alpha value is -0.150. The van der Waals surface area contributed by atoms with Crippen LogP contribution in [0.1, 0.15) is 22.2 Å². The number of hydrogen-bond donors (Lipinski definition) is 0. The van der Waals surface area contributed by atoms with Gasteiger partial charge < -0.3 is 0 Å². The van der Waals surface area contributed by atoms with Crippen molar-refractivity contribution in [3.63, 3.8) is 0 Å². The lowest BCUT2D eigenvalue weighted by Crippen LogP contribution is -1.86. The van der Waals surface area contributed by atoms with Crippen molar-refractivity contribution in [3.8, 4) is 0 Å². The molecule has 0 aliphatic rings. The van der Waals surface area contributed by atoms with Gasteiger partial charge in [0.05, 0.1) is 4.88 Å². The van der Waals surface area contributed by atoms with Crippen molar-refractivity contribution in [2.75, 3.05) is 0 Å². The number of thiophene rings is 1. The molecule has 1 aromatic rings. The zero-order chi connectivity index (χ0) is 7.72. The number of aryl methyl sites for hydroxylation is 1. The molecule has 1 aromatic heterocycles. The summed E-state index contributed by atoms with van der Waals surface area (Å²) in [4.78, 5) is 11.7. The second kappa shape index (κ2) is 2.84. The van der Waals surface area contributed by atoms with Crippen LogP contribution >= 0.6 is 27.3 Å². The van der Waals surface area contributed by atoms with Crippen LogP contribution in [0.3, 0.4) is 0 Å². The van der Waals surface area contributed by atoms with Gasteiger partial charge in [-0.2, -0.15) is 0 Å². The normalized spacial score (nSPS) is 9.90. The van der Waals surface area contributed by atoms with E-state index < -0.39 is 0 Å². The zero-order valence-corrected chi connectivity index (χ0v) is 8.17. The summed E-state index contributed by atoms with van der Waals surface area (Å²) in [7, 11) is 0. The first-order valence-electron chi connectivity index (χ1n) is 2.87. The standard InChI is InChI=1S/C7H7BrOS/c1-4-3-10-7(5(2)9)6(4)8/h3H,1-2H3. The van der Waals surface area contributed by atoms with Crippen LogP contribution in [0.2, 0.25) is 0 Å². The molecule has 3 heteroatoms. The van der Waals surface area contributed by atoms with Crippen LogP contribution in [0.4, 0.5) is 0 Å². The van der Waals surface area contributed by atoms with Gasteiger partial charge in [-0.25, -0.2) is 0 Å². The van der Waals surface area contributed by atoms with Gasteiger partial charge in [0.15, 0.2) is 5.78 Å². The number of ketones is 1. The highest BCUT2D eigenvalue weighted by Crippen LogP contribution is 2.27. The summed E-state index contributed by atoms with van der Waals surface area (Å²) in [6, 6.07) is 0. The Morgan fingerprint density at radius 2 is 2.30 bits per heavy atom.